The Labute approximate surface area is 146 Å². The minimum atomic E-state index is -3.35. The molecule has 2 aromatic heterocycles. The molecule has 0 unspecified atom stereocenters. The molecule has 2 aromatic rings. The van der Waals surface area contributed by atoms with Crippen LogP contribution in [0.1, 0.15) is 10.7 Å². The number of thiazole rings is 1. The molecule has 1 aliphatic rings. The fourth-order valence-electron chi connectivity index (χ4n) is 2.40. The first-order valence-electron chi connectivity index (χ1n) is 6.84. The first-order chi connectivity index (χ1) is 10.4. The van der Waals surface area contributed by atoms with Gasteiger partial charge in [0.1, 0.15) is 4.21 Å². The standard InChI is InChI=1S/C13H16BrN3O2S3/c1-10-15-11(9-20-10)8-16-4-6-17(7-5-16)22(18,19)13-3-2-12(14)21-13/h2-3,9H,4-8H2,1H3. The second kappa shape index (κ2) is 6.66. The molecule has 0 radical (unpaired) electrons. The number of hydrogen-bond acceptors (Lipinski definition) is 6. The van der Waals surface area contributed by atoms with E-state index in [1.54, 1.807) is 27.8 Å². The third-order valence-electron chi connectivity index (χ3n) is 3.53. The number of sulfonamides is 1. The molecule has 3 rings (SSSR count). The lowest BCUT2D eigenvalue weighted by Gasteiger charge is -2.33. The van der Waals surface area contributed by atoms with Gasteiger partial charge >= 0.3 is 0 Å². The summed E-state index contributed by atoms with van der Waals surface area (Å²) in [6, 6.07) is 3.44. The third-order valence-corrected chi connectivity index (χ3v) is 8.34. The highest BCUT2D eigenvalue weighted by Gasteiger charge is 2.29. The topological polar surface area (TPSA) is 53.5 Å². The second-order valence-electron chi connectivity index (χ2n) is 5.10. The quantitative estimate of drug-likeness (QED) is 0.761. The van der Waals surface area contributed by atoms with E-state index in [4.69, 9.17) is 0 Å². The van der Waals surface area contributed by atoms with E-state index < -0.39 is 10.0 Å². The number of nitrogens with zero attached hydrogens (tertiary/aromatic N) is 3. The zero-order chi connectivity index (χ0) is 15.7. The largest absolute Gasteiger partial charge is 0.295 e. The lowest BCUT2D eigenvalue weighted by molar-refractivity contribution is 0.180. The molecule has 22 heavy (non-hydrogen) atoms. The Morgan fingerprint density at radius 1 is 1.27 bits per heavy atom. The summed E-state index contributed by atoms with van der Waals surface area (Å²) in [6.45, 7) is 5.33. The minimum absolute atomic E-state index is 0.406. The van der Waals surface area contributed by atoms with Crippen LogP contribution in [0.15, 0.2) is 25.5 Å². The Balaban J connectivity index is 1.61. The van der Waals surface area contributed by atoms with Crippen molar-refractivity contribution in [3.8, 4) is 0 Å². The van der Waals surface area contributed by atoms with Gasteiger partial charge in [-0.15, -0.1) is 22.7 Å². The molecule has 0 aromatic carbocycles. The van der Waals surface area contributed by atoms with E-state index in [2.05, 4.69) is 31.2 Å². The van der Waals surface area contributed by atoms with Crippen molar-refractivity contribution in [1.82, 2.24) is 14.2 Å². The molecule has 0 saturated carbocycles. The molecule has 3 heterocycles. The van der Waals surface area contributed by atoms with Gasteiger partial charge in [-0.2, -0.15) is 4.31 Å². The highest BCUT2D eigenvalue weighted by Crippen LogP contribution is 2.29. The van der Waals surface area contributed by atoms with Crippen molar-refractivity contribution in [1.29, 1.82) is 0 Å². The molecule has 0 amide bonds. The summed E-state index contributed by atoms with van der Waals surface area (Å²) in [6.07, 6.45) is 0. The molecule has 0 N–H and O–H groups in total. The number of rotatable bonds is 4. The van der Waals surface area contributed by atoms with Crippen molar-refractivity contribution in [3.63, 3.8) is 0 Å². The summed E-state index contributed by atoms with van der Waals surface area (Å²) in [5.41, 5.74) is 1.07. The summed E-state index contributed by atoms with van der Waals surface area (Å²) >= 11 is 6.23. The number of piperazine rings is 1. The normalized spacial score (nSPS) is 17.9. The van der Waals surface area contributed by atoms with Crippen molar-refractivity contribution >= 4 is 48.6 Å². The van der Waals surface area contributed by atoms with Crippen LogP contribution in [0, 0.1) is 6.92 Å². The van der Waals surface area contributed by atoms with Gasteiger partial charge in [0.2, 0.25) is 0 Å². The average molecular weight is 422 g/mol. The van der Waals surface area contributed by atoms with Crippen LogP contribution >= 0.6 is 38.6 Å². The van der Waals surface area contributed by atoms with Crippen LogP contribution in [-0.2, 0) is 16.6 Å². The second-order valence-corrected chi connectivity index (χ2v) is 10.8. The van der Waals surface area contributed by atoms with Gasteiger partial charge < -0.3 is 0 Å². The number of thiophene rings is 1. The van der Waals surface area contributed by atoms with E-state index in [-0.39, 0.29) is 0 Å². The maximum Gasteiger partial charge on any atom is 0.252 e. The summed E-state index contributed by atoms with van der Waals surface area (Å²) in [7, 11) is -3.35. The van der Waals surface area contributed by atoms with E-state index in [0.29, 0.717) is 17.3 Å². The fourth-order valence-corrected chi connectivity index (χ4v) is 6.59. The maximum absolute atomic E-state index is 12.6. The van der Waals surface area contributed by atoms with Crippen molar-refractivity contribution in [3.05, 3.63) is 32.0 Å². The Bertz CT molecular complexity index is 748. The van der Waals surface area contributed by atoms with Gasteiger partial charge in [-0.25, -0.2) is 13.4 Å². The summed E-state index contributed by atoms with van der Waals surface area (Å²) < 4.78 is 27.9. The molecular formula is C13H16BrN3O2S3. The molecule has 1 saturated heterocycles. The number of aromatic nitrogens is 1. The Hall–Kier alpha value is -0.320. The zero-order valence-electron chi connectivity index (χ0n) is 12.0. The van der Waals surface area contributed by atoms with Crippen molar-refractivity contribution in [2.75, 3.05) is 26.2 Å². The molecule has 1 aliphatic heterocycles. The lowest BCUT2D eigenvalue weighted by Crippen LogP contribution is -2.48. The van der Waals surface area contributed by atoms with Crippen molar-refractivity contribution in [2.45, 2.75) is 17.7 Å². The summed E-state index contributed by atoms with van der Waals surface area (Å²) in [5.74, 6) is 0. The number of hydrogen-bond donors (Lipinski definition) is 0. The van der Waals surface area contributed by atoms with Crippen molar-refractivity contribution < 1.29 is 8.42 Å². The van der Waals surface area contributed by atoms with Crippen LogP contribution in [0.5, 0.6) is 0 Å². The summed E-state index contributed by atoms with van der Waals surface area (Å²) in [5, 5.41) is 3.14. The number of aryl methyl sites for hydroxylation is 1. The zero-order valence-corrected chi connectivity index (χ0v) is 16.1. The monoisotopic (exact) mass is 421 g/mol. The maximum atomic E-state index is 12.6. The van der Waals surface area contributed by atoms with Gasteiger partial charge in [0, 0.05) is 38.1 Å². The predicted molar refractivity (Wildman–Crippen MR) is 92.9 cm³/mol. The SMILES string of the molecule is Cc1nc(CN2CCN(S(=O)(=O)c3ccc(Br)s3)CC2)cs1. The smallest absolute Gasteiger partial charge is 0.252 e. The molecule has 9 heteroatoms. The van der Waals surface area contributed by atoms with E-state index in [1.165, 1.54) is 11.3 Å². The van der Waals surface area contributed by atoms with Crippen LogP contribution in [0.2, 0.25) is 0 Å². The molecule has 0 aliphatic carbocycles. The highest BCUT2D eigenvalue weighted by atomic mass is 79.9. The number of halogens is 1. The van der Waals surface area contributed by atoms with Crippen LogP contribution in [-0.4, -0.2) is 48.8 Å². The van der Waals surface area contributed by atoms with E-state index >= 15 is 0 Å². The minimum Gasteiger partial charge on any atom is -0.295 e. The van der Waals surface area contributed by atoms with Gasteiger partial charge in [0.05, 0.1) is 14.5 Å². The Morgan fingerprint density at radius 2 is 2.00 bits per heavy atom. The van der Waals surface area contributed by atoms with Crippen LogP contribution < -0.4 is 0 Å². The molecular weight excluding hydrogens is 406 g/mol. The van der Waals surface area contributed by atoms with Gasteiger partial charge in [0.15, 0.2) is 0 Å². The Kier molecular flexibility index (Phi) is 5.01. The van der Waals surface area contributed by atoms with Gasteiger partial charge in [-0.1, -0.05) is 0 Å². The molecule has 0 atom stereocenters. The van der Waals surface area contributed by atoms with Crippen LogP contribution in [0.25, 0.3) is 0 Å². The van der Waals surface area contributed by atoms with E-state index in [0.717, 1.165) is 34.1 Å². The first kappa shape index (κ1) is 16.5. The fraction of sp³-hybridized carbons (Fsp3) is 0.462. The first-order valence-corrected chi connectivity index (χ1v) is 10.8. The van der Waals surface area contributed by atoms with Crippen molar-refractivity contribution in [2.24, 2.45) is 0 Å². The van der Waals surface area contributed by atoms with Gasteiger partial charge in [-0.3, -0.25) is 4.90 Å². The molecule has 120 valence electrons. The van der Waals surface area contributed by atoms with E-state index in [9.17, 15) is 8.42 Å². The average Bonchev–Trinajstić information content (AvgIpc) is 3.09. The van der Waals surface area contributed by atoms with Crippen LogP contribution in [0.4, 0.5) is 0 Å². The van der Waals surface area contributed by atoms with Gasteiger partial charge in [-0.05, 0) is 35.0 Å². The highest BCUT2D eigenvalue weighted by molar-refractivity contribution is 9.11. The lowest BCUT2D eigenvalue weighted by atomic mass is 10.3. The van der Waals surface area contributed by atoms with E-state index in [1.807, 2.05) is 6.92 Å². The van der Waals surface area contributed by atoms with Gasteiger partial charge in [0.25, 0.3) is 10.0 Å². The Morgan fingerprint density at radius 3 is 2.55 bits per heavy atom. The molecule has 0 spiro atoms. The molecule has 0 bridgehead atoms. The van der Waals surface area contributed by atoms with Crippen LogP contribution in [0.3, 0.4) is 0 Å². The summed E-state index contributed by atoms with van der Waals surface area (Å²) in [4.78, 5) is 6.72. The molecule has 1 fully saturated rings. The molecule has 5 nitrogen and oxygen atoms in total. The predicted octanol–water partition coefficient (Wildman–Crippen LogP) is 2.78. The third kappa shape index (κ3) is 3.60.